The summed E-state index contributed by atoms with van der Waals surface area (Å²) in [5, 5.41) is 1.72. The Balaban J connectivity index is 1.54. The molecule has 0 saturated carbocycles. The maximum Gasteiger partial charge on any atom is 0.160 e. The zero-order valence-corrected chi connectivity index (χ0v) is 17.9. The minimum atomic E-state index is 0.0262. The van der Waals surface area contributed by atoms with E-state index in [4.69, 9.17) is 9.73 Å². The first kappa shape index (κ1) is 18.8. The van der Waals surface area contributed by atoms with Gasteiger partial charge in [-0.25, -0.2) is 0 Å². The number of hydrogen-bond acceptors (Lipinski definition) is 6. The predicted molar refractivity (Wildman–Crippen MR) is 120 cm³/mol. The van der Waals surface area contributed by atoms with Crippen molar-refractivity contribution in [2.24, 2.45) is 4.99 Å². The Morgan fingerprint density at radius 1 is 1.17 bits per heavy atom. The van der Waals surface area contributed by atoms with Crippen LogP contribution >= 0.6 is 11.8 Å². The van der Waals surface area contributed by atoms with E-state index in [-0.39, 0.29) is 12.1 Å². The number of aliphatic imine (C=N–C) groups is 1. The molecule has 0 amide bonds. The molecule has 0 aliphatic carbocycles. The predicted octanol–water partition coefficient (Wildman–Crippen LogP) is 4.67. The van der Waals surface area contributed by atoms with Gasteiger partial charge < -0.3 is 14.5 Å². The highest BCUT2D eigenvalue weighted by Gasteiger charge is 2.43. The molecule has 152 valence electrons. The summed E-state index contributed by atoms with van der Waals surface area (Å²) in [5.74, 6) is 1.00. The van der Waals surface area contributed by atoms with Gasteiger partial charge in [-0.2, -0.15) is 0 Å². The number of rotatable bonds is 5. The zero-order valence-electron chi connectivity index (χ0n) is 17.1. The molecule has 6 heteroatoms. The van der Waals surface area contributed by atoms with Crippen LogP contribution in [-0.2, 0) is 0 Å². The van der Waals surface area contributed by atoms with Gasteiger partial charge >= 0.3 is 0 Å². The van der Waals surface area contributed by atoms with Crippen LogP contribution in [0.4, 0.5) is 5.69 Å². The molecule has 0 spiro atoms. The van der Waals surface area contributed by atoms with Crippen LogP contribution in [0.3, 0.4) is 0 Å². The Morgan fingerprint density at radius 2 is 2.03 bits per heavy atom. The van der Waals surface area contributed by atoms with Gasteiger partial charge in [-0.15, -0.1) is 0 Å². The lowest BCUT2D eigenvalue weighted by molar-refractivity contribution is 0.316. The van der Waals surface area contributed by atoms with Gasteiger partial charge in [-0.05, 0) is 49.6 Å². The monoisotopic (exact) mass is 408 g/mol. The fourth-order valence-electron chi connectivity index (χ4n) is 4.68. The van der Waals surface area contributed by atoms with E-state index >= 15 is 0 Å². The van der Waals surface area contributed by atoms with Gasteiger partial charge in [0.05, 0.1) is 24.0 Å². The average Bonchev–Trinajstić information content (AvgIpc) is 3.45. The van der Waals surface area contributed by atoms with Crippen LogP contribution in [-0.4, -0.2) is 46.5 Å². The topological polar surface area (TPSA) is 41.0 Å². The fraction of sp³-hybridized carbons (Fsp3) is 0.478. The number of hydrogen-bond donors (Lipinski definition) is 0. The first-order valence-corrected chi connectivity index (χ1v) is 11.6. The molecule has 2 aromatic rings. The van der Waals surface area contributed by atoms with Crippen LogP contribution in [0.5, 0.6) is 5.75 Å². The van der Waals surface area contributed by atoms with Crippen LogP contribution in [0.2, 0.25) is 0 Å². The summed E-state index contributed by atoms with van der Waals surface area (Å²) in [7, 11) is 0. The molecule has 3 aliphatic heterocycles. The standard InChI is InChI=1S/C23H28N4OS/c1-3-28-20-14-17(9-10-19(20)26-12-6-7-13-26)22-21(18-8-4-5-11-24-18)25-23-27(22)15-16(2)29-23/h4-5,8-11,14,16,21-22H,3,6-7,12-13,15H2,1-2H3/t16-,21-,22-/m0/s1. The highest BCUT2D eigenvalue weighted by Crippen LogP contribution is 2.48. The summed E-state index contributed by atoms with van der Waals surface area (Å²) in [6.07, 6.45) is 4.39. The fourth-order valence-corrected chi connectivity index (χ4v) is 5.78. The second-order valence-electron chi connectivity index (χ2n) is 7.99. The van der Waals surface area contributed by atoms with E-state index in [9.17, 15) is 0 Å². The van der Waals surface area contributed by atoms with E-state index in [0.717, 1.165) is 36.2 Å². The van der Waals surface area contributed by atoms with Crippen molar-refractivity contribution in [3.05, 3.63) is 53.9 Å². The first-order valence-electron chi connectivity index (χ1n) is 10.7. The second kappa shape index (κ2) is 7.90. The summed E-state index contributed by atoms with van der Waals surface area (Å²) < 4.78 is 6.10. The molecular formula is C23H28N4OS. The first-order chi connectivity index (χ1) is 14.2. The number of anilines is 1. The molecule has 0 unspecified atom stereocenters. The van der Waals surface area contributed by atoms with E-state index < -0.39 is 0 Å². The van der Waals surface area contributed by atoms with Crippen molar-refractivity contribution in [2.45, 2.75) is 44.0 Å². The molecule has 2 saturated heterocycles. The molecule has 29 heavy (non-hydrogen) atoms. The minimum absolute atomic E-state index is 0.0262. The van der Waals surface area contributed by atoms with Gasteiger partial charge in [0.2, 0.25) is 0 Å². The molecule has 5 nitrogen and oxygen atoms in total. The minimum Gasteiger partial charge on any atom is -0.492 e. The number of amidine groups is 1. The van der Waals surface area contributed by atoms with Gasteiger partial charge in [0.15, 0.2) is 5.17 Å². The lowest BCUT2D eigenvalue weighted by Crippen LogP contribution is -2.28. The van der Waals surface area contributed by atoms with E-state index in [1.54, 1.807) is 0 Å². The van der Waals surface area contributed by atoms with Crippen molar-refractivity contribution in [3.8, 4) is 5.75 Å². The number of thioether (sulfide) groups is 1. The summed E-state index contributed by atoms with van der Waals surface area (Å²) >= 11 is 1.88. The zero-order chi connectivity index (χ0) is 19.8. The van der Waals surface area contributed by atoms with Crippen molar-refractivity contribution in [3.63, 3.8) is 0 Å². The van der Waals surface area contributed by atoms with Gasteiger partial charge in [0, 0.05) is 31.1 Å². The normalized spacial score (nSPS) is 26.0. The summed E-state index contributed by atoms with van der Waals surface area (Å²) in [4.78, 5) is 14.7. The second-order valence-corrected chi connectivity index (χ2v) is 9.40. The van der Waals surface area contributed by atoms with Crippen LogP contribution in [0, 0.1) is 0 Å². The van der Waals surface area contributed by atoms with E-state index in [1.165, 1.54) is 24.1 Å². The Bertz CT molecular complexity index is 897. The van der Waals surface area contributed by atoms with Crippen LogP contribution < -0.4 is 9.64 Å². The van der Waals surface area contributed by atoms with E-state index in [1.807, 2.05) is 24.0 Å². The number of ether oxygens (including phenoxy) is 1. The third-order valence-electron chi connectivity index (χ3n) is 5.95. The SMILES string of the molecule is CCOc1cc([C@H]2[C@H](c3ccccn3)N=C3S[C@@H](C)CN32)ccc1N1CCCC1. The van der Waals surface area contributed by atoms with Gasteiger partial charge in [-0.3, -0.25) is 9.98 Å². The van der Waals surface area contributed by atoms with Crippen LogP contribution in [0.15, 0.2) is 47.6 Å². The smallest absolute Gasteiger partial charge is 0.160 e. The highest BCUT2D eigenvalue weighted by atomic mass is 32.2. The number of fused-ring (bicyclic) bond motifs is 1. The molecule has 4 heterocycles. The molecule has 3 aliphatic rings. The average molecular weight is 409 g/mol. The highest BCUT2D eigenvalue weighted by molar-refractivity contribution is 8.14. The van der Waals surface area contributed by atoms with Gasteiger partial charge in [-0.1, -0.05) is 30.8 Å². The van der Waals surface area contributed by atoms with Crippen molar-refractivity contribution in [2.75, 3.05) is 31.1 Å². The summed E-state index contributed by atoms with van der Waals surface area (Å²) in [6, 6.07) is 13.1. The van der Waals surface area contributed by atoms with E-state index in [0.29, 0.717) is 11.9 Å². The number of pyridine rings is 1. The van der Waals surface area contributed by atoms with Crippen LogP contribution in [0.25, 0.3) is 0 Å². The lowest BCUT2D eigenvalue weighted by atomic mass is 9.95. The molecule has 1 aromatic carbocycles. The largest absolute Gasteiger partial charge is 0.492 e. The number of aromatic nitrogens is 1. The van der Waals surface area contributed by atoms with Crippen molar-refractivity contribution >= 4 is 22.6 Å². The maximum absolute atomic E-state index is 6.10. The molecule has 5 rings (SSSR count). The number of nitrogens with zero attached hydrogens (tertiary/aromatic N) is 4. The molecule has 0 N–H and O–H groups in total. The summed E-state index contributed by atoms with van der Waals surface area (Å²) in [6.45, 7) is 8.28. The third-order valence-corrected chi connectivity index (χ3v) is 7.06. The lowest BCUT2D eigenvalue weighted by Gasteiger charge is -2.29. The van der Waals surface area contributed by atoms with Crippen molar-refractivity contribution in [1.82, 2.24) is 9.88 Å². The number of benzene rings is 1. The molecule has 2 fully saturated rings. The van der Waals surface area contributed by atoms with E-state index in [2.05, 4.69) is 59.0 Å². The molecular weight excluding hydrogens is 380 g/mol. The van der Waals surface area contributed by atoms with Crippen LogP contribution in [0.1, 0.15) is 50.0 Å². The molecule has 1 aromatic heterocycles. The Kier molecular flexibility index (Phi) is 5.12. The Hall–Kier alpha value is -2.21. The van der Waals surface area contributed by atoms with Gasteiger partial charge in [0.25, 0.3) is 0 Å². The Morgan fingerprint density at radius 3 is 2.79 bits per heavy atom. The van der Waals surface area contributed by atoms with Crippen molar-refractivity contribution < 1.29 is 4.74 Å². The Labute approximate surface area is 177 Å². The third kappa shape index (κ3) is 3.48. The maximum atomic E-state index is 6.10. The molecule has 0 radical (unpaired) electrons. The quantitative estimate of drug-likeness (QED) is 0.719. The van der Waals surface area contributed by atoms with Crippen molar-refractivity contribution in [1.29, 1.82) is 0 Å². The molecule has 3 atom stereocenters. The molecule has 0 bridgehead atoms. The van der Waals surface area contributed by atoms with Gasteiger partial charge in [0.1, 0.15) is 11.8 Å². The summed E-state index contributed by atoms with van der Waals surface area (Å²) in [5.41, 5.74) is 3.53.